The first-order valence-corrected chi connectivity index (χ1v) is 6.13. The highest BCUT2D eigenvalue weighted by atomic mass is 32.1. The van der Waals surface area contributed by atoms with Crippen molar-refractivity contribution in [3.8, 4) is 0 Å². The summed E-state index contributed by atoms with van der Waals surface area (Å²) in [6, 6.07) is 0.671. The highest BCUT2D eigenvalue weighted by Gasteiger charge is 2.13. The van der Waals surface area contributed by atoms with Gasteiger partial charge in [0.1, 0.15) is 0 Å². The predicted molar refractivity (Wildman–Crippen MR) is 64.6 cm³/mol. The SMILES string of the molecule is CCCC(CS)CN(CC)C(C)C. The van der Waals surface area contributed by atoms with Crippen LogP contribution < -0.4 is 0 Å². The molecule has 0 aliphatic heterocycles. The van der Waals surface area contributed by atoms with Crippen molar-refractivity contribution in [2.45, 2.75) is 46.6 Å². The Bertz CT molecular complexity index is 115. The summed E-state index contributed by atoms with van der Waals surface area (Å²) in [7, 11) is 0. The molecule has 0 aliphatic rings. The van der Waals surface area contributed by atoms with E-state index in [-0.39, 0.29) is 0 Å². The van der Waals surface area contributed by atoms with Gasteiger partial charge in [0.2, 0.25) is 0 Å². The maximum Gasteiger partial charge on any atom is 0.00385 e. The van der Waals surface area contributed by atoms with Crippen LogP contribution in [0.2, 0.25) is 0 Å². The van der Waals surface area contributed by atoms with Gasteiger partial charge in [-0.15, -0.1) is 0 Å². The van der Waals surface area contributed by atoms with Crippen LogP contribution >= 0.6 is 12.6 Å². The van der Waals surface area contributed by atoms with Crippen LogP contribution in [0.1, 0.15) is 40.5 Å². The molecule has 80 valence electrons. The van der Waals surface area contributed by atoms with Gasteiger partial charge in [0.25, 0.3) is 0 Å². The van der Waals surface area contributed by atoms with Crippen molar-refractivity contribution in [2.75, 3.05) is 18.8 Å². The highest BCUT2D eigenvalue weighted by Crippen LogP contribution is 2.12. The van der Waals surface area contributed by atoms with Gasteiger partial charge in [-0.1, -0.05) is 20.3 Å². The molecule has 0 saturated heterocycles. The van der Waals surface area contributed by atoms with Gasteiger partial charge in [0, 0.05) is 12.6 Å². The minimum atomic E-state index is 0.671. The van der Waals surface area contributed by atoms with E-state index in [0.29, 0.717) is 6.04 Å². The summed E-state index contributed by atoms with van der Waals surface area (Å²) in [5.41, 5.74) is 0. The third kappa shape index (κ3) is 5.58. The zero-order valence-electron chi connectivity index (χ0n) is 9.58. The smallest absolute Gasteiger partial charge is 0.00385 e. The van der Waals surface area contributed by atoms with Gasteiger partial charge in [-0.2, -0.15) is 12.6 Å². The molecule has 0 radical (unpaired) electrons. The van der Waals surface area contributed by atoms with Crippen LogP contribution in [0, 0.1) is 5.92 Å². The summed E-state index contributed by atoms with van der Waals surface area (Å²) in [5.74, 6) is 1.80. The first kappa shape index (κ1) is 13.3. The summed E-state index contributed by atoms with van der Waals surface area (Å²) in [4.78, 5) is 2.52. The quantitative estimate of drug-likeness (QED) is 0.622. The molecule has 0 bridgehead atoms. The average Bonchev–Trinajstić information content (AvgIpc) is 2.11. The van der Waals surface area contributed by atoms with Crippen molar-refractivity contribution in [3.63, 3.8) is 0 Å². The van der Waals surface area contributed by atoms with Gasteiger partial charge in [-0.3, -0.25) is 0 Å². The second-order valence-electron chi connectivity index (χ2n) is 4.02. The average molecular weight is 203 g/mol. The van der Waals surface area contributed by atoms with E-state index in [9.17, 15) is 0 Å². The fraction of sp³-hybridized carbons (Fsp3) is 1.00. The topological polar surface area (TPSA) is 3.24 Å². The van der Waals surface area contributed by atoms with E-state index in [0.717, 1.165) is 18.2 Å². The number of hydrogen-bond acceptors (Lipinski definition) is 2. The number of thiol groups is 1. The van der Waals surface area contributed by atoms with E-state index in [1.165, 1.54) is 19.4 Å². The molecule has 0 fully saturated rings. The van der Waals surface area contributed by atoms with Crippen molar-refractivity contribution in [1.29, 1.82) is 0 Å². The van der Waals surface area contributed by atoms with E-state index in [1.807, 2.05) is 0 Å². The van der Waals surface area contributed by atoms with E-state index in [1.54, 1.807) is 0 Å². The highest BCUT2D eigenvalue weighted by molar-refractivity contribution is 7.80. The van der Waals surface area contributed by atoms with E-state index >= 15 is 0 Å². The molecule has 0 saturated carbocycles. The third-order valence-electron chi connectivity index (χ3n) is 2.58. The molecule has 1 nitrogen and oxygen atoms in total. The molecular weight excluding hydrogens is 178 g/mol. The van der Waals surface area contributed by atoms with Gasteiger partial charge >= 0.3 is 0 Å². The van der Waals surface area contributed by atoms with Crippen molar-refractivity contribution >= 4 is 12.6 Å². The van der Waals surface area contributed by atoms with E-state index in [4.69, 9.17) is 0 Å². The first-order chi connectivity index (χ1) is 6.15. The second-order valence-corrected chi connectivity index (χ2v) is 4.38. The molecular formula is C11H25NS. The number of nitrogens with zero attached hydrogens (tertiary/aromatic N) is 1. The minimum absolute atomic E-state index is 0.671. The van der Waals surface area contributed by atoms with Crippen molar-refractivity contribution < 1.29 is 0 Å². The van der Waals surface area contributed by atoms with Crippen LogP contribution in [0.3, 0.4) is 0 Å². The summed E-state index contributed by atoms with van der Waals surface area (Å²) in [6.07, 6.45) is 2.59. The Labute approximate surface area is 89.3 Å². The van der Waals surface area contributed by atoms with Crippen LogP contribution in [0.25, 0.3) is 0 Å². The van der Waals surface area contributed by atoms with E-state index < -0.39 is 0 Å². The van der Waals surface area contributed by atoms with Crippen molar-refractivity contribution in [1.82, 2.24) is 4.90 Å². The standard InChI is InChI=1S/C11H25NS/c1-5-7-11(9-13)8-12(6-2)10(3)4/h10-11,13H,5-9H2,1-4H3. The maximum atomic E-state index is 4.40. The van der Waals surface area contributed by atoms with Gasteiger partial charge < -0.3 is 4.90 Å². The molecule has 1 unspecified atom stereocenters. The Hall–Kier alpha value is 0.310. The molecule has 13 heavy (non-hydrogen) atoms. The Morgan fingerprint density at radius 1 is 1.23 bits per heavy atom. The van der Waals surface area contributed by atoms with E-state index in [2.05, 4.69) is 45.2 Å². The fourth-order valence-electron chi connectivity index (χ4n) is 1.69. The summed E-state index contributed by atoms with van der Waals surface area (Å²) >= 11 is 4.40. The van der Waals surface area contributed by atoms with Gasteiger partial charge in [-0.05, 0) is 38.5 Å². The van der Waals surface area contributed by atoms with Crippen molar-refractivity contribution in [2.24, 2.45) is 5.92 Å². The monoisotopic (exact) mass is 203 g/mol. The van der Waals surface area contributed by atoms with Gasteiger partial charge in [0.15, 0.2) is 0 Å². The molecule has 0 aliphatic carbocycles. The zero-order chi connectivity index (χ0) is 10.3. The molecule has 0 amide bonds. The summed E-state index contributed by atoms with van der Waals surface area (Å²) in [6.45, 7) is 11.4. The van der Waals surface area contributed by atoms with Crippen LogP contribution in [-0.2, 0) is 0 Å². The zero-order valence-corrected chi connectivity index (χ0v) is 10.5. The maximum absolute atomic E-state index is 4.40. The number of hydrogen-bond donors (Lipinski definition) is 1. The second kappa shape index (κ2) is 7.69. The third-order valence-corrected chi connectivity index (χ3v) is 3.10. The lowest BCUT2D eigenvalue weighted by atomic mass is 10.0. The van der Waals surface area contributed by atoms with Crippen molar-refractivity contribution in [3.05, 3.63) is 0 Å². The Kier molecular flexibility index (Phi) is 7.87. The molecule has 0 aromatic carbocycles. The number of rotatable bonds is 7. The van der Waals surface area contributed by atoms with Crippen LogP contribution in [-0.4, -0.2) is 29.8 Å². The summed E-state index contributed by atoms with van der Waals surface area (Å²) in [5, 5.41) is 0. The Morgan fingerprint density at radius 2 is 1.85 bits per heavy atom. The lowest BCUT2D eigenvalue weighted by molar-refractivity contribution is 0.199. The molecule has 0 spiro atoms. The van der Waals surface area contributed by atoms with Gasteiger partial charge in [-0.25, -0.2) is 0 Å². The normalized spacial score (nSPS) is 14.1. The molecule has 0 aromatic heterocycles. The molecule has 1 atom stereocenters. The summed E-state index contributed by atoms with van der Waals surface area (Å²) < 4.78 is 0. The molecule has 2 heteroatoms. The molecule has 0 N–H and O–H groups in total. The van der Waals surface area contributed by atoms with Crippen LogP contribution in [0.4, 0.5) is 0 Å². The van der Waals surface area contributed by atoms with Crippen LogP contribution in [0.15, 0.2) is 0 Å². The lowest BCUT2D eigenvalue weighted by Gasteiger charge is -2.28. The van der Waals surface area contributed by atoms with Crippen LogP contribution in [0.5, 0.6) is 0 Å². The predicted octanol–water partition coefficient (Wildman–Crippen LogP) is 3.06. The minimum Gasteiger partial charge on any atom is -0.301 e. The first-order valence-electron chi connectivity index (χ1n) is 5.50. The largest absolute Gasteiger partial charge is 0.301 e. The molecule has 0 heterocycles. The molecule has 0 aromatic rings. The fourth-order valence-corrected chi connectivity index (χ4v) is 1.98. The Balaban J connectivity index is 3.87. The van der Waals surface area contributed by atoms with Gasteiger partial charge in [0.05, 0.1) is 0 Å². The lowest BCUT2D eigenvalue weighted by Crippen LogP contribution is -2.35. The Morgan fingerprint density at radius 3 is 2.15 bits per heavy atom. The molecule has 0 rings (SSSR count).